The number of halogens is 1. The summed E-state index contributed by atoms with van der Waals surface area (Å²) >= 11 is 6.68. The Bertz CT molecular complexity index is 2020. The summed E-state index contributed by atoms with van der Waals surface area (Å²) in [6.45, 7) is 24.4. The first-order valence-corrected chi connectivity index (χ1v) is 19.7. The van der Waals surface area contributed by atoms with Crippen molar-refractivity contribution in [1.82, 2.24) is 10.2 Å². The van der Waals surface area contributed by atoms with Gasteiger partial charge in [-0.3, -0.25) is 10.1 Å². The molecule has 0 bridgehead atoms. The molecule has 0 fully saturated rings. The topological polar surface area (TPSA) is 162 Å². The first kappa shape index (κ1) is 47.9. The number of alkyl carbamates (subject to hydrolysis) is 1. The number of ether oxygens (including phenoxy) is 4. The fourth-order valence-corrected chi connectivity index (χ4v) is 5.73. The van der Waals surface area contributed by atoms with Crippen LogP contribution in [0, 0.1) is 11.3 Å². The average molecular weight is 835 g/mol. The quantitative estimate of drug-likeness (QED) is 0.0661. The number of guanidine groups is 1. The van der Waals surface area contributed by atoms with Crippen LogP contribution in [0.25, 0.3) is 0 Å². The molecule has 1 unspecified atom stereocenters. The van der Waals surface area contributed by atoms with Crippen LogP contribution >= 0.6 is 11.6 Å². The number of aliphatic imine (C=N–C) groups is 1. The molecule has 13 nitrogen and oxygen atoms in total. The maximum absolute atomic E-state index is 14.0. The van der Waals surface area contributed by atoms with E-state index in [1.807, 2.05) is 33.8 Å². The van der Waals surface area contributed by atoms with Gasteiger partial charge in [-0.1, -0.05) is 57.5 Å². The van der Waals surface area contributed by atoms with Crippen molar-refractivity contribution in [3.63, 3.8) is 0 Å². The number of esters is 2. The third-order valence-corrected chi connectivity index (χ3v) is 8.05. The molecule has 3 aromatic rings. The molecule has 59 heavy (non-hydrogen) atoms. The van der Waals surface area contributed by atoms with E-state index in [2.05, 4.69) is 36.4 Å². The van der Waals surface area contributed by atoms with Crippen molar-refractivity contribution >= 4 is 53.3 Å². The van der Waals surface area contributed by atoms with E-state index >= 15 is 0 Å². The van der Waals surface area contributed by atoms with E-state index in [4.69, 9.17) is 30.5 Å². The van der Waals surface area contributed by atoms with Crippen LogP contribution in [0.3, 0.4) is 0 Å². The highest BCUT2D eigenvalue weighted by Gasteiger charge is 2.27. The van der Waals surface area contributed by atoms with E-state index in [0.29, 0.717) is 41.3 Å². The minimum Gasteiger partial charge on any atom is -0.456 e. The molecular formula is C45H59ClN4O9. The van der Waals surface area contributed by atoms with Crippen molar-refractivity contribution in [2.75, 3.05) is 11.9 Å². The molecule has 0 spiro atoms. The molecular weight excluding hydrogens is 776 g/mol. The van der Waals surface area contributed by atoms with Crippen LogP contribution in [-0.4, -0.2) is 64.2 Å². The smallest absolute Gasteiger partial charge is 0.437 e. The Morgan fingerprint density at radius 3 is 1.90 bits per heavy atom. The molecule has 0 aliphatic carbocycles. The number of hydrogen-bond donors (Lipinski definition) is 2. The summed E-state index contributed by atoms with van der Waals surface area (Å²) in [6, 6.07) is 18.0. The SMILES string of the molecule is CC(Cc1ccc(OC(=O)c2ccc(N/C(=N\C(=O)OC(C)(C)C)NC(=O)OC(C)(C)C)cc2)cc1Cl)C(=O)N(Cc1cccc(C(=O)OC(C)(C)C)c1)CC(C)(C)C. The number of carbonyl (C=O) groups is 5. The lowest BCUT2D eigenvalue weighted by atomic mass is 9.93. The average Bonchev–Trinajstić information content (AvgIpc) is 3.06. The van der Waals surface area contributed by atoms with Crippen LogP contribution in [0.4, 0.5) is 15.3 Å². The van der Waals surface area contributed by atoms with E-state index in [9.17, 15) is 24.0 Å². The van der Waals surface area contributed by atoms with Crippen LogP contribution in [-0.2, 0) is 32.0 Å². The molecule has 14 heteroatoms. The molecule has 3 aromatic carbocycles. The van der Waals surface area contributed by atoms with Crippen LogP contribution in [0.5, 0.6) is 5.75 Å². The standard InChI is InChI=1S/C45H59ClN4O9/c1-28(36(51)50(27-42(2,3)4)26-29-15-14-16-32(24-29)38(53)57-43(5,6)7)23-31-19-22-34(25-35(31)46)56-37(52)30-17-20-33(21-18-30)47-39(48-40(54)58-44(8,9)10)49-41(55)59-45(11,12)13/h14-22,24-25,28H,23,26-27H2,1-13H3,(H2,47,48,49,54,55). The summed E-state index contributed by atoms with van der Waals surface area (Å²) in [6.07, 6.45) is -1.45. The van der Waals surface area contributed by atoms with E-state index < -0.39 is 46.8 Å². The Labute approximate surface area is 353 Å². The lowest BCUT2D eigenvalue weighted by molar-refractivity contribution is -0.137. The molecule has 0 aliphatic heterocycles. The Balaban J connectivity index is 1.70. The zero-order valence-electron chi connectivity index (χ0n) is 36.5. The predicted molar refractivity (Wildman–Crippen MR) is 229 cm³/mol. The van der Waals surface area contributed by atoms with E-state index in [1.54, 1.807) is 76.8 Å². The van der Waals surface area contributed by atoms with Gasteiger partial charge in [-0.05, 0) is 134 Å². The van der Waals surface area contributed by atoms with E-state index in [1.165, 1.54) is 30.3 Å². The molecule has 2 N–H and O–H groups in total. The van der Waals surface area contributed by atoms with Crippen molar-refractivity contribution in [3.05, 3.63) is 94.0 Å². The number of rotatable bonds is 10. The number of anilines is 1. The minimum atomic E-state index is -0.941. The maximum Gasteiger partial charge on any atom is 0.437 e. The summed E-state index contributed by atoms with van der Waals surface area (Å²) in [7, 11) is 0. The van der Waals surface area contributed by atoms with Gasteiger partial charge in [0.1, 0.15) is 22.6 Å². The Morgan fingerprint density at radius 2 is 1.34 bits per heavy atom. The fraction of sp³-hybridized carbons (Fsp3) is 0.467. The number of benzene rings is 3. The van der Waals surface area contributed by atoms with E-state index in [0.717, 1.165) is 5.56 Å². The van der Waals surface area contributed by atoms with Gasteiger partial charge in [-0.15, -0.1) is 4.99 Å². The number of hydrogen-bond acceptors (Lipinski definition) is 9. The van der Waals surface area contributed by atoms with E-state index in [-0.39, 0.29) is 28.6 Å². The monoisotopic (exact) mass is 834 g/mol. The fourth-order valence-electron chi connectivity index (χ4n) is 5.48. The maximum atomic E-state index is 14.0. The second-order valence-corrected chi connectivity index (χ2v) is 18.9. The van der Waals surface area contributed by atoms with Crippen LogP contribution in [0.2, 0.25) is 5.02 Å². The van der Waals surface area contributed by atoms with Crippen LogP contribution < -0.4 is 15.4 Å². The molecule has 3 rings (SSSR count). The predicted octanol–water partition coefficient (Wildman–Crippen LogP) is 10.00. The highest BCUT2D eigenvalue weighted by molar-refractivity contribution is 6.31. The third-order valence-electron chi connectivity index (χ3n) is 7.69. The molecule has 320 valence electrons. The molecule has 3 amide bonds. The first-order valence-electron chi connectivity index (χ1n) is 19.4. The zero-order chi connectivity index (χ0) is 44.5. The number of nitrogens with one attached hydrogen (secondary N) is 2. The Morgan fingerprint density at radius 1 is 0.729 bits per heavy atom. The highest BCUT2D eigenvalue weighted by Crippen LogP contribution is 2.28. The van der Waals surface area contributed by atoms with Gasteiger partial charge >= 0.3 is 24.1 Å². The van der Waals surface area contributed by atoms with Crippen molar-refractivity contribution in [1.29, 1.82) is 0 Å². The van der Waals surface area contributed by atoms with Crippen LogP contribution in [0.15, 0.2) is 71.7 Å². The number of amides is 3. The van der Waals surface area contributed by atoms with Gasteiger partial charge in [-0.2, -0.15) is 0 Å². The molecule has 0 aliphatic rings. The number of nitrogens with zero attached hydrogens (tertiary/aromatic N) is 2. The van der Waals surface area contributed by atoms with Gasteiger partial charge in [0.2, 0.25) is 11.9 Å². The van der Waals surface area contributed by atoms with Gasteiger partial charge in [0.25, 0.3) is 0 Å². The zero-order valence-corrected chi connectivity index (χ0v) is 37.3. The second kappa shape index (κ2) is 19.5. The molecule has 1 atom stereocenters. The molecule has 0 radical (unpaired) electrons. The summed E-state index contributed by atoms with van der Waals surface area (Å²) in [5.41, 5.74) is 0.0505. The third kappa shape index (κ3) is 17.5. The van der Waals surface area contributed by atoms with Crippen molar-refractivity contribution < 1.29 is 42.9 Å². The molecule has 0 saturated carbocycles. The lowest BCUT2D eigenvalue weighted by Gasteiger charge is -2.32. The van der Waals surface area contributed by atoms with Gasteiger partial charge in [0, 0.05) is 29.7 Å². The molecule has 0 aromatic heterocycles. The van der Waals surface area contributed by atoms with Gasteiger partial charge in [0.05, 0.1) is 11.1 Å². The van der Waals surface area contributed by atoms with Gasteiger partial charge in [-0.25, -0.2) is 19.2 Å². The lowest BCUT2D eigenvalue weighted by Crippen LogP contribution is -2.40. The van der Waals surface area contributed by atoms with Gasteiger partial charge in [0.15, 0.2) is 0 Å². The largest absolute Gasteiger partial charge is 0.456 e. The second-order valence-electron chi connectivity index (χ2n) is 18.5. The van der Waals surface area contributed by atoms with Crippen molar-refractivity contribution in [2.45, 2.75) is 120 Å². The normalized spacial score (nSPS) is 12.8. The van der Waals surface area contributed by atoms with Crippen molar-refractivity contribution in [3.8, 4) is 5.75 Å². The van der Waals surface area contributed by atoms with Crippen LogP contribution in [0.1, 0.15) is 122 Å². The van der Waals surface area contributed by atoms with Gasteiger partial charge < -0.3 is 29.2 Å². The Kier molecular flexibility index (Phi) is 15.9. The minimum absolute atomic E-state index is 0.0732. The highest BCUT2D eigenvalue weighted by atomic mass is 35.5. The first-order chi connectivity index (χ1) is 27.1. The summed E-state index contributed by atoms with van der Waals surface area (Å²) in [5, 5.41) is 5.57. The Hall–Kier alpha value is -5.43. The molecule has 0 heterocycles. The summed E-state index contributed by atoms with van der Waals surface area (Å²) in [5.74, 6) is -1.65. The summed E-state index contributed by atoms with van der Waals surface area (Å²) in [4.78, 5) is 70.3. The number of carbonyl (C=O) groups excluding carboxylic acids is 5. The molecule has 0 saturated heterocycles. The van der Waals surface area contributed by atoms with Crippen molar-refractivity contribution in [2.24, 2.45) is 16.3 Å². The summed E-state index contributed by atoms with van der Waals surface area (Å²) < 4.78 is 21.7.